The molecule has 3 rings (SSSR count). The minimum absolute atomic E-state index is 0.0444. The third-order valence-corrected chi connectivity index (χ3v) is 17.1. The van der Waals surface area contributed by atoms with Gasteiger partial charge in [-0.25, -0.2) is 4.79 Å². The highest BCUT2D eigenvalue weighted by molar-refractivity contribution is 6.93. The summed E-state index contributed by atoms with van der Waals surface area (Å²) in [5.74, 6) is 0.407. The van der Waals surface area contributed by atoms with Crippen molar-refractivity contribution >= 4 is 20.0 Å². The molecule has 218 valence electrons. The molecule has 0 bridgehead atoms. The molecular formula is C33H53NO4Si. The van der Waals surface area contributed by atoms with E-state index in [-0.39, 0.29) is 42.0 Å². The Hall–Kier alpha value is -1.92. The molecule has 0 unspecified atom stereocenters. The van der Waals surface area contributed by atoms with Crippen LogP contribution in [0.2, 0.25) is 16.6 Å². The van der Waals surface area contributed by atoms with Gasteiger partial charge >= 0.3 is 6.09 Å². The summed E-state index contributed by atoms with van der Waals surface area (Å²) in [5, 5.41) is 10.4. The molecule has 0 saturated heterocycles. The van der Waals surface area contributed by atoms with E-state index in [1.807, 2.05) is 12.3 Å². The Morgan fingerprint density at radius 2 is 1.62 bits per heavy atom. The molecule has 0 aromatic heterocycles. The van der Waals surface area contributed by atoms with Crippen LogP contribution in [0, 0.1) is 5.92 Å². The molecule has 1 aromatic rings. The molecule has 1 aliphatic carbocycles. The van der Waals surface area contributed by atoms with Crippen LogP contribution in [0.25, 0.3) is 0 Å². The molecular weight excluding hydrogens is 502 g/mol. The first kappa shape index (κ1) is 31.6. The van der Waals surface area contributed by atoms with Crippen LogP contribution in [0.3, 0.4) is 0 Å². The number of benzene rings is 1. The maximum absolute atomic E-state index is 14.0. The third kappa shape index (κ3) is 6.37. The molecule has 2 aliphatic rings. The normalized spacial score (nSPS) is 23.0. The van der Waals surface area contributed by atoms with E-state index in [9.17, 15) is 14.7 Å². The molecule has 5 nitrogen and oxygen atoms in total. The van der Waals surface area contributed by atoms with Crippen LogP contribution >= 0.6 is 0 Å². The summed E-state index contributed by atoms with van der Waals surface area (Å²) in [6, 6.07) is 10.3. The van der Waals surface area contributed by atoms with E-state index in [0.29, 0.717) is 35.9 Å². The average Bonchev–Trinajstić information content (AvgIpc) is 2.88. The maximum Gasteiger partial charge on any atom is 0.414 e. The Morgan fingerprint density at radius 3 is 2.18 bits per heavy atom. The summed E-state index contributed by atoms with van der Waals surface area (Å²) < 4.78 is 6.42. The Balaban J connectivity index is 1.99. The summed E-state index contributed by atoms with van der Waals surface area (Å²) in [5.41, 5.74) is 2.25. The topological polar surface area (TPSA) is 66.8 Å². The molecule has 1 fully saturated rings. The molecule has 6 heteroatoms. The second kappa shape index (κ2) is 13.2. The Labute approximate surface area is 238 Å². The Bertz CT molecular complexity index is 978. The van der Waals surface area contributed by atoms with Crippen LogP contribution in [0.5, 0.6) is 0 Å². The highest BCUT2D eigenvalue weighted by Crippen LogP contribution is 2.48. The van der Waals surface area contributed by atoms with Gasteiger partial charge in [0, 0.05) is 31.2 Å². The highest BCUT2D eigenvalue weighted by atomic mass is 28.3. The van der Waals surface area contributed by atoms with Gasteiger partial charge in [0.1, 0.15) is 14.2 Å². The number of hydrogen-bond acceptors (Lipinski definition) is 4. The maximum atomic E-state index is 14.0. The van der Waals surface area contributed by atoms with Crippen LogP contribution in [0.1, 0.15) is 106 Å². The SMILES string of the molecule is CC(C)[Si](C1=CN(C(=O)O[C@H]2CCCC[C@@H]2C(C)(C)c2ccccc2)[C@@H](CCCO)CC1=O)(C(C)C)C(C)C. The Kier molecular flexibility index (Phi) is 10.7. The van der Waals surface area contributed by atoms with Gasteiger partial charge in [-0.15, -0.1) is 0 Å². The number of amides is 1. The lowest BCUT2D eigenvalue weighted by Crippen LogP contribution is -2.54. The van der Waals surface area contributed by atoms with E-state index in [1.165, 1.54) is 5.56 Å². The molecule has 1 saturated carbocycles. The first-order valence-electron chi connectivity index (χ1n) is 15.3. The zero-order chi connectivity index (χ0) is 29.0. The van der Waals surface area contributed by atoms with Crippen molar-refractivity contribution in [1.29, 1.82) is 0 Å². The fraction of sp³-hybridized carbons (Fsp3) is 0.697. The predicted octanol–water partition coefficient (Wildman–Crippen LogP) is 8.18. The summed E-state index contributed by atoms with van der Waals surface area (Å²) in [6.45, 7) is 18.1. The van der Waals surface area contributed by atoms with Gasteiger partial charge in [-0.2, -0.15) is 0 Å². The molecule has 1 heterocycles. The lowest BCUT2D eigenvalue weighted by molar-refractivity contribution is -0.116. The summed E-state index contributed by atoms with van der Waals surface area (Å²) >= 11 is 0. The fourth-order valence-corrected chi connectivity index (χ4v) is 14.9. The van der Waals surface area contributed by atoms with Crippen molar-refractivity contribution in [2.75, 3.05) is 6.61 Å². The number of carbonyl (C=O) groups excluding carboxylic acids is 2. The number of allylic oxidation sites excluding steroid dienone is 1. The van der Waals surface area contributed by atoms with Crippen molar-refractivity contribution in [3.63, 3.8) is 0 Å². The van der Waals surface area contributed by atoms with E-state index in [4.69, 9.17) is 4.74 Å². The number of Topliss-reactive ketones (excluding diaryl/α,β-unsaturated/α-hetero) is 1. The van der Waals surface area contributed by atoms with Gasteiger partial charge in [0.25, 0.3) is 0 Å². The van der Waals surface area contributed by atoms with Crippen molar-refractivity contribution in [2.45, 2.75) is 135 Å². The largest absolute Gasteiger partial charge is 0.446 e. The molecule has 0 radical (unpaired) electrons. The summed E-state index contributed by atoms with van der Waals surface area (Å²) in [6.07, 6.45) is 6.94. The smallest absolute Gasteiger partial charge is 0.414 e. The van der Waals surface area contributed by atoms with Crippen LogP contribution in [0.4, 0.5) is 4.79 Å². The number of carbonyl (C=O) groups is 2. The molecule has 1 aromatic carbocycles. The van der Waals surface area contributed by atoms with E-state index in [0.717, 1.165) is 30.9 Å². The van der Waals surface area contributed by atoms with Gasteiger partial charge in [-0.1, -0.05) is 92.1 Å². The van der Waals surface area contributed by atoms with Gasteiger partial charge in [0.15, 0.2) is 5.78 Å². The predicted molar refractivity (Wildman–Crippen MR) is 162 cm³/mol. The van der Waals surface area contributed by atoms with Crippen LogP contribution < -0.4 is 0 Å². The number of rotatable bonds is 10. The van der Waals surface area contributed by atoms with Gasteiger partial charge in [0.05, 0.1) is 0 Å². The third-order valence-electron chi connectivity index (χ3n) is 10.0. The minimum atomic E-state index is -2.27. The summed E-state index contributed by atoms with van der Waals surface area (Å²) in [7, 11) is -2.27. The fourth-order valence-electron chi connectivity index (χ4n) is 8.13. The second-order valence-corrected chi connectivity index (χ2v) is 19.3. The lowest BCUT2D eigenvalue weighted by atomic mass is 9.66. The number of hydrogen-bond donors (Lipinski definition) is 1. The van der Waals surface area contributed by atoms with Gasteiger partial charge in [-0.05, 0) is 64.9 Å². The number of aliphatic hydroxyl groups is 1. The quantitative estimate of drug-likeness (QED) is 0.296. The van der Waals surface area contributed by atoms with Crippen molar-refractivity contribution in [2.24, 2.45) is 5.92 Å². The van der Waals surface area contributed by atoms with Crippen molar-refractivity contribution in [3.05, 3.63) is 47.3 Å². The number of aliphatic hydroxyl groups excluding tert-OH is 1. The van der Waals surface area contributed by atoms with Crippen LogP contribution in [-0.2, 0) is 14.9 Å². The van der Waals surface area contributed by atoms with Crippen LogP contribution in [-0.4, -0.2) is 48.7 Å². The number of nitrogens with zero attached hydrogens (tertiary/aromatic N) is 1. The molecule has 3 atom stereocenters. The van der Waals surface area contributed by atoms with Gasteiger partial charge < -0.3 is 9.84 Å². The van der Waals surface area contributed by atoms with E-state index in [1.54, 1.807) is 4.90 Å². The highest BCUT2D eigenvalue weighted by Gasteiger charge is 2.51. The average molecular weight is 556 g/mol. The molecule has 0 spiro atoms. The standard InChI is InChI=1S/C33H53NO4Si/c1-23(2)39(24(3)4,25(5)6)31-22-34(27(17-14-20-35)21-29(31)36)32(37)38-30-19-13-12-18-28(30)33(7,8)26-15-10-9-11-16-26/h9-11,15-16,22-25,27-28,30,35H,12-14,17-21H2,1-8H3/t27-,28-,30-/m0/s1. The number of ether oxygens (including phenoxy) is 1. The lowest BCUT2D eigenvalue weighted by Gasteiger charge is -2.47. The van der Waals surface area contributed by atoms with Crippen molar-refractivity contribution in [1.82, 2.24) is 4.90 Å². The van der Waals surface area contributed by atoms with Crippen molar-refractivity contribution in [3.8, 4) is 0 Å². The molecule has 39 heavy (non-hydrogen) atoms. The minimum Gasteiger partial charge on any atom is -0.446 e. The van der Waals surface area contributed by atoms with Gasteiger partial charge in [0.2, 0.25) is 0 Å². The number of ketones is 1. The van der Waals surface area contributed by atoms with Crippen LogP contribution in [0.15, 0.2) is 41.7 Å². The van der Waals surface area contributed by atoms with E-state index >= 15 is 0 Å². The van der Waals surface area contributed by atoms with Gasteiger partial charge in [-0.3, -0.25) is 9.69 Å². The zero-order valence-electron chi connectivity index (χ0n) is 25.7. The van der Waals surface area contributed by atoms with E-state index < -0.39 is 8.07 Å². The Morgan fingerprint density at radius 1 is 1.03 bits per heavy atom. The first-order chi connectivity index (χ1) is 18.4. The summed E-state index contributed by atoms with van der Waals surface area (Å²) in [4.78, 5) is 29.5. The van der Waals surface area contributed by atoms with Crippen molar-refractivity contribution < 1.29 is 19.4 Å². The first-order valence-corrected chi connectivity index (χ1v) is 17.5. The molecule has 1 N–H and O–H groups in total. The molecule has 1 aliphatic heterocycles. The second-order valence-electron chi connectivity index (χ2n) is 13.4. The zero-order valence-corrected chi connectivity index (χ0v) is 26.7. The molecule has 1 amide bonds. The monoisotopic (exact) mass is 555 g/mol. The van der Waals surface area contributed by atoms with E-state index in [2.05, 4.69) is 79.7 Å².